The van der Waals surface area contributed by atoms with E-state index in [9.17, 15) is 27.6 Å². The second kappa shape index (κ2) is 11.1. The summed E-state index contributed by atoms with van der Waals surface area (Å²) in [4.78, 5) is 51.7. The Hall–Kier alpha value is -4.25. The van der Waals surface area contributed by atoms with E-state index in [4.69, 9.17) is 14.2 Å². The molecule has 1 atom stereocenters. The van der Waals surface area contributed by atoms with Crippen molar-refractivity contribution >= 4 is 33.7 Å². The largest absolute Gasteiger partial charge is 0.461 e. The normalized spacial score (nSPS) is 19.1. The lowest BCUT2D eigenvalue weighted by molar-refractivity contribution is -0.150. The van der Waals surface area contributed by atoms with Crippen molar-refractivity contribution in [1.82, 2.24) is 4.90 Å². The van der Waals surface area contributed by atoms with Crippen LogP contribution in [-0.2, 0) is 43.2 Å². The van der Waals surface area contributed by atoms with Gasteiger partial charge in [-0.1, -0.05) is 60.7 Å². The lowest BCUT2D eigenvalue weighted by atomic mass is 10.00. The number of benzene rings is 2. The number of hydrogen-bond donors (Lipinski definition) is 0. The standard InChI is InChI=1S/C29H29NO9S/c1-18(31)37-16-21-17-40(35,36)27-22(15-23(32)39-29(2,3)4)26(33)30(27)24(21)28(34)38-25(19-11-7-5-8-12-19)20-13-9-6-10-14-20/h5-15,25,27H,16-17H2,1-4H3/b22-15-. The summed E-state index contributed by atoms with van der Waals surface area (Å²) in [7, 11) is -4.12. The fraction of sp³-hybridized carbons (Fsp3) is 0.310. The third kappa shape index (κ3) is 6.15. The molecule has 0 spiro atoms. The summed E-state index contributed by atoms with van der Waals surface area (Å²) >= 11 is 0. The Bertz CT molecular complexity index is 1460. The minimum Gasteiger partial charge on any atom is -0.461 e. The fourth-order valence-corrected chi connectivity index (χ4v) is 6.38. The van der Waals surface area contributed by atoms with Crippen LogP contribution in [0.2, 0.25) is 0 Å². The fourth-order valence-electron chi connectivity index (χ4n) is 4.44. The summed E-state index contributed by atoms with van der Waals surface area (Å²) in [6.45, 7) is 5.48. The smallest absolute Gasteiger partial charge is 0.356 e. The summed E-state index contributed by atoms with van der Waals surface area (Å²) < 4.78 is 42.6. The van der Waals surface area contributed by atoms with Crippen LogP contribution < -0.4 is 0 Å². The number of β-lactam (4-membered cyclic amide) rings is 1. The molecule has 0 aliphatic carbocycles. The molecular formula is C29H29NO9S. The molecule has 0 N–H and O–H groups in total. The zero-order valence-electron chi connectivity index (χ0n) is 22.4. The first-order chi connectivity index (χ1) is 18.8. The van der Waals surface area contributed by atoms with Gasteiger partial charge in [0.05, 0.1) is 11.3 Å². The van der Waals surface area contributed by atoms with Gasteiger partial charge in [-0.3, -0.25) is 14.5 Å². The molecule has 2 aromatic carbocycles. The molecule has 1 fully saturated rings. The molecule has 0 aromatic heterocycles. The van der Waals surface area contributed by atoms with Gasteiger partial charge in [-0.25, -0.2) is 18.0 Å². The van der Waals surface area contributed by atoms with Crippen LogP contribution in [0.4, 0.5) is 0 Å². The summed E-state index contributed by atoms with van der Waals surface area (Å²) in [5.41, 5.74) is -0.365. The van der Waals surface area contributed by atoms with Crippen molar-refractivity contribution in [1.29, 1.82) is 0 Å². The van der Waals surface area contributed by atoms with Crippen molar-refractivity contribution in [2.45, 2.75) is 44.8 Å². The number of esters is 3. The highest BCUT2D eigenvalue weighted by molar-refractivity contribution is 7.92. The van der Waals surface area contributed by atoms with Crippen molar-refractivity contribution in [3.8, 4) is 0 Å². The first-order valence-corrected chi connectivity index (χ1v) is 14.2. The monoisotopic (exact) mass is 567 g/mol. The van der Waals surface area contributed by atoms with Crippen molar-refractivity contribution in [3.63, 3.8) is 0 Å². The highest BCUT2D eigenvalue weighted by Gasteiger charge is 2.57. The molecule has 11 heteroatoms. The van der Waals surface area contributed by atoms with Gasteiger partial charge in [0.25, 0.3) is 5.91 Å². The number of hydrogen-bond acceptors (Lipinski definition) is 9. The van der Waals surface area contributed by atoms with Gasteiger partial charge in [0.2, 0.25) is 0 Å². The van der Waals surface area contributed by atoms with Crippen LogP contribution in [0.3, 0.4) is 0 Å². The van der Waals surface area contributed by atoms with E-state index < -0.39 is 63.1 Å². The van der Waals surface area contributed by atoms with E-state index in [0.29, 0.717) is 11.1 Å². The molecule has 1 unspecified atom stereocenters. The first kappa shape index (κ1) is 28.8. The average molecular weight is 568 g/mol. The molecule has 0 bridgehead atoms. The van der Waals surface area contributed by atoms with E-state index in [1.807, 2.05) is 0 Å². The van der Waals surface area contributed by atoms with Crippen molar-refractivity contribution in [2.75, 3.05) is 12.4 Å². The number of ether oxygens (including phenoxy) is 3. The van der Waals surface area contributed by atoms with Crippen molar-refractivity contribution in [3.05, 3.63) is 94.7 Å². The zero-order valence-corrected chi connectivity index (χ0v) is 23.3. The molecule has 2 aliphatic heterocycles. The molecule has 2 aromatic rings. The Labute approximate surface area is 232 Å². The second-order valence-corrected chi connectivity index (χ2v) is 12.4. The number of carbonyl (C=O) groups excluding carboxylic acids is 4. The van der Waals surface area contributed by atoms with Gasteiger partial charge in [-0.2, -0.15) is 0 Å². The molecular weight excluding hydrogens is 538 g/mol. The lowest BCUT2D eigenvalue weighted by Crippen LogP contribution is -2.62. The predicted octanol–water partition coefficient (Wildman–Crippen LogP) is 3.00. The van der Waals surface area contributed by atoms with E-state index in [1.165, 1.54) is 0 Å². The average Bonchev–Trinajstić information content (AvgIpc) is 2.88. The van der Waals surface area contributed by atoms with E-state index in [1.54, 1.807) is 81.4 Å². The molecule has 40 heavy (non-hydrogen) atoms. The van der Waals surface area contributed by atoms with Crippen molar-refractivity contribution in [2.24, 2.45) is 0 Å². The lowest BCUT2D eigenvalue weighted by Gasteiger charge is -2.45. The van der Waals surface area contributed by atoms with E-state index in [-0.39, 0.29) is 16.8 Å². The van der Waals surface area contributed by atoms with Gasteiger partial charge >= 0.3 is 17.9 Å². The zero-order chi connectivity index (χ0) is 29.2. The SMILES string of the molecule is CC(=O)OCC1=C(C(=O)OC(c2ccccc2)c2ccccc2)N2C(=O)/C(=C/C(=O)OC(C)(C)C)C2S(=O)(=O)C1. The molecule has 4 rings (SSSR count). The molecule has 10 nitrogen and oxygen atoms in total. The van der Waals surface area contributed by atoms with Crippen LogP contribution in [0, 0.1) is 0 Å². The summed E-state index contributed by atoms with van der Waals surface area (Å²) in [5.74, 6) is -4.14. The Morgan fingerprint density at radius 1 is 1.00 bits per heavy atom. The summed E-state index contributed by atoms with van der Waals surface area (Å²) in [6, 6.07) is 17.8. The van der Waals surface area contributed by atoms with Crippen LogP contribution in [-0.4, -0.2) is 60.5 Å². The molecule has 0 radical (unpaired) electrons. The Morgan fingerprint density at radius 2 is 1.55 bits per heavy atom. The number of nitrogens with zero attached hydrogens (tertiary/aromatic N) is 1. The number of rotatable bonds is 7. The predicted molar refractivity (Wildman–Crippen MR) is 143 cm³/mol. The second-order valence-electron chi connectivity index (χ2n) is 10.3. The molecule has 2 aliphatic rings. The Balaban J connectivity index is 1.75. The van der Waals surface area contributed by atoms with Crippen LogP contribution in [0.15, 0.2) is 83.6 Å². The number of amides is 1. The molecule has 2 heterocycles. The first-order valence-electron chi connectivity index (χ1n) is 12.4. The van der Waals surface area contributed by atoms with Gasteiger partial charge in [0.15, 0.2) is 21.3 Å². The maximum Gasteiger partial charge on any atom is 0.356 e. The van der Waals surface area contributed by atoms with E-state index in [0.717, 1.165) is 17.9 Å². The highest BCUT2D eigenvalue weighted by atomic mass is 32.2. The summed E-state index contributed by atoms with van der Waals surface area (Å²) in [5, 5.41) is -1.59. The van der Waals surface area contributed by atoms with Crippen molar-refractivity contribution < 1.29 is 41.8 Å². The minimum absolute atomic E-state index is 0.110. The molecule has 1 saturated heterocycles. The Morgan fingerprint density at radius 3 is 2.05 bits per heavy atom. The third-order valence-corrected chi connectivity index (χ3v) is 7.91. The van der Waals surface area contributed by atoms with E-state index in [2.05, 4.69) is 0 Å². The number of fused-ring (bicyclic) bond motifs is 1. The van der Waals surface area contributed by atoms with Gasteiger partial charge in [-0.05, 0) is 31.9 Å². The van der Waals surface area contributed by atoms with Crippen LogP contribution in [0.25, 0.3) is 0 Å². The number of sulfone groups is 1. The van der Waals surface area contributed by atoms with Gasteiger partial charge in [-0.15, -0.1) is 0 Å². The molecule has 0 saturated carbocycles. The maximum absolute atomic E-state index is 13.8. The maximum atomic E-state index is 13.8. The Kier molecular flexibility index (Phi) is 7.97. The molecule has 1 amide bonds. The number of carbonyl (C=O) groups is 4. The van der Waals surface area contributed by atoms with Crippen LogP contribution >= 0.6 is 0 Å². The van der Waals surface area contributed by atoms with Gasteiger partial charge < -0.3 is 14.2 Å². The minimum atomic E-state index is -4.12. The third-order valence-electron chi connectivity index (χ3n) is 6.01. The summed E-state index contributed by atoms with van der Waals surface area (Å²) in [6.07, 6.45) is -0.0502. The topological polar surface area (TPSA) is 133 Å². The molecule has 210 valence electrons. The highest BCUT2D eigenvalue weighted by Crippen LogP contribution is 2.41. The van der Waals surface area contributed by atoms with Crippen LogP contribution in [0.5, 0.6) is 0 Å². The van der Waals surface area contributed by atoms with Gasteiger partial charge in [0, 0.05) is 18.6 Å². The van der Waals surface area contributed by atoms with Crippen LogP contribution in [0.1, 0.15) is 44.9 Å². The van der Waals surface area contributed by atoms with Gasteiger partial charge in [0.1, 0.15) is 17.9 Å². The quantitative estimate of drug-likeness (QED) is 0.214. The van der Waals surface area contributed by atoms with E-state index >= 15 is 0 Å².